The van der Waals surface area contributed by atoms with Gasteiger partial charge in [0.2, 0.25) is 41.4 Å². The predicted molar refractivity (Wildman–Crippen MR) is 244 cm³/mol. The third-order valence-electron chi connectivity index (χ3n) is 11.2. The van der Waals surface area contributed by atoms with Gasteiger partial charge < -0.3 is 66.3 Å². The fraction of sp³-hybridized carbons (Fsp3) is 0.800. The van der Waals surface area contributed by atoms with E-state index in [-0.39, 0.29) is 52.2 Å². The summed E-state index contributed by atoms with van der Waals surface area (Å²) in [4.78, 5) is 123. The van der Waals surface area contributed by atoms with Gasteiger partial charge in [0.05, 0.1) is 31.0 Å². The topological polar surface area (TPSA) is 297 Å². The minimum Gasteiger partial charge on any atom is -0.480 e. The molecule has 0 saturated carbocycles. The van der Waals surface area contributed by atoms with Crippen molar-refractivity contribution in [3.63, 3.8) is 0 Å². The normalized spacial score (nSPS) is 20.6. The van der Waals surface area contributed by atoms with Gasteiger partial charge in [-0.2, -0.15) is 0 Å². The van der Waals surface area contributed by atoms with Crippen molar-refractivity contribution in [3.8, 4) is 0 Å². The fourth-order valence-corrected chi connectivity index (χ4v) is 7.87. The van der Waals surface area contributed by atoms with Crippen molar-refractivity contribution >= 4 is 53.4 Å². The summed E-state index contributed by atoms with van der Waals surface area (Å²) in [6.07, 6.45) is 2.63. The van der Waals surface area contributed by atoms with Gasteiger partial charge in [0.1, 0.15) is 47.9 Å². The number of rotatable bonds is 21. The van der Waals surface area contributed by atoms with Crippen molar-refractivity contribution in [1.82, 2.24) is 41.3 Å². The summed E-state index contributed by atoms with van der Waals surface area (Å²) in [5.41, 5.74) is 3.96. The van der Waals surface area contributed by atoms with Crippen LogP contribution in [0.2, 0.25) is 0 Å². The van der Waals surface area contributed by atoms with Gasteiger partial charge >= 0.3 is 12.1 Å². The highest BCUT2D eigenvalue weighted by Gasteiger charge is 2.46. The molecule has 8 amide bonds. The molecule has 3 fully saturated rings. The lowest BCUT2D eigenvalue weighted by Crippen LogP contribution is -2.59. The Labute approximate surface area is 394 Å². The van der Waals surface area contributed by atoms with Crippen LogP contribution in [-0.4, -0.2) is 178 Å². The molecular formula is C45H77N9O13. The summed E-state index contributed by atoms with van der Waals surface area (Å²) < 4.78 is 16.6. The summed E-state index contributed by atoms with van der Waals surface area (Å²) in [7, 11) is 0. The van der Waals surface area contributed by atoms with Crippen LogP contribution in [0.25, 0.3) is 0 Å². The number of nitrogens with two attached hydrogens (primary N) is 1. The summed E-state index contributed by atoms with van der Waals surface area (Å²) >= 11 is 0. The largest absolute Gasteiger partial charge is 0.480 e. The van der Waals surface area contributed by atoms with Gasteiger partial charge in [-0.3, -0.25) is 33.6 Å². The van der Waals surface area contributed by atoms with Gasteiger partial charge in [-0.25, -0.2) is 9.59 Å². The van der Waals surface area contributed by atoms with E-state index in [0.717, 1.165) is 0 Å². The Morgan fingerprint density at radius 1 is 0.642 bits per heavy atom. The molecule has 3 heterocycles. The van der Waals surface area contributed by atoms with Gasteiger partial charge in [-0.05, 0) is 127 Å². The Hall–Kier alpha value is -5.09. The first-order chi connectivity index (χ1) is 31.1. The highest BCUT2D eigenvalue weighted by Crippen LogP contribution is 2.29. The average Bonchev–Trinajstić information content (AvgIpc) is 4.02. The molecule has 67 heavy (non-hydrogen) atoms. The summed E-state index contributed by atoms with van der Waals surface area (Å²) in [6.45, 7) is 17.6. The number of hydrogen-bond donors (Lipinski definition) is 7. The molecule has 380 valence electrons. The number of alkyl carbamates (subject to hydrolysis) is 1. The Bertz CT molecular complexity index is 1780. The number of carboxylic acid groups (broad SMARTS) is 1. The number of hydrogen-bond acceptors (Lipinski definition) is 13. The van der Waals surface area contributed by atoms with Crippen molar-refractivity contribution in [2.24, 2.45) is 5.73 Å². The van der Waals surface area contributed by atoms with Gasteiger partial charge in [-0.15, -0.1) is 0 Å². The predicted octanol–water partition coefficient (Wildman–Crippen LogP) is 0.287. The first kappa shape index (κ1) is 56.2. The number of carboxylic acids is 1. The lowest BCUT2D eigenvalue weighted by molar-refractivity contribution is -0.151. The maximum Gasteiger partial charge on any atom is 0.407 e. The Morgan fingerprint density at radius 3 is 1.72 bits per heavy atom. The van der Waals surface area contributed by atoms with E-state index in [9.17, 15) is 48.3 Å². The number of likely N-dealkylation sites (tertiary alicyclic amines) is 3. The SMILES string of the molecule is C[C@H](NC(=O)CNC(=O)[C@@H](N)COC(C)(C)C)C(=O)N1CCC[C@H]1C(=O)N1CCC[C@H]1C(=O)N1CCC[C@H]1C(=O)N[C@@H](COC(C)(C)C)C(=O)N[C@@H](CCCCNC(=O)OC(C)(C)C)C(=O)O. The van der Waals surface area contributed by atoms with E-state index < -0.39 is 119 Å². The molecule has 0 bridgehead atoms. The smallest absolute Gasteiger partial charge is 0.407 e. The van der Waals surface area contributed by atoms with Crippen LogP contribution in [0.5, 0.6) is 0 Å². The molecule has 3 aliphatic rings. The highest BCUT2D eigenvalue weighted by molar-refractivity contribution is 5.98. The molecule has 0 aromatic carbocycles. The van der Waals surface area contributed by atoms with Gasteiger partial charge in [0, 0.05) is 26.2 Å². The second-order valence-electron chi connectivity index (χ2n) is 20.4. The minimum atomic E-state index is -1.32. The van der Waals surface area contributed by atoms with Crippen LogP contribution >= 0.6 is 0 Å². The quantitative estimate of drug-likeness (QED) is 0.0762. The van der Waals surface area contributed by atoms with E-state index in [1.165, 1.54) is 21.6 Å². The van der Waals surface area contributed by atoms with E-state index in [2.05, 4.69) is 26.6 Å². The Kier molecular flexibility index (Phi) is 20.8. The van der Waals surface area contributed by atoms with E-state index >= 15 is 0 Å². The molecule has 0 spiro atoms. The molecule has 0 radical (unpaired) electrons. The summed E-state index contributed by atoms with van der Waals surface area (Å²) in [6, 6.07) is -7.46. The van der Waals surface area contributed by atoms with Crippen molar-refractivity contribution in [1.29, 1.82) is 0 Å². The summed E-state index contributed by atoms with van der Waals surface area (Å²) in [5.74, 6) is -5.30. The van der Waals surface area contributed by atoms with Crippen LogP contribution in [-0.2, 0) is 52.6 Å². The van der Waals surface area contributed by atoms with Crippen LogP contribution in [0.3, 0.4) is 0 Å². The molecule has 3 rings (SSSR count). The molecule has 3 aliphatic heterocycles. The number of aliphatic carboxylic acids is 1. The van der Waals surface area contributed by atoms with Gasteiger partial charge in [0.25, 0.3) is 0 Å². The fourth-order valence-electron chi connectivity index (χ4n) is 7.87. The Morgan fingerprint density at radius 2 is 1.16 bits per heavy atom. The lowest BCUT2D eigenvalue weighted by Gasteiger charge is -2.35. The molecule has 0 unspecified atom stereocenters. The van der Waals surface area contributed by atoms with Crippen molar-refractivity contribution < 1.29 is 62.5 Å². The van der Waals surface area contributed by atoms with Gasteiger partial charge in [0.15, 0.2) is 0 Å². The second kappa shape index (κ2) is 24.8. The maximum atomic E-state index is 14.3. The van der Waals surface area contributed by atoms with E-state index in [1.54, 1.807) is 41.5 Å². The molecule has 22 heteroatoms. The van der Waals surface area contributed by atoms with Gasteiger partial charge in [-0.1, -0.05) is 0 Å². The molecular weight excluding hydrogens is 875 g/mol. The molecule has 0 aliphatic carbocycles. The minimum absolute atomic E-state index is 0.0354. The second-order valence-corrected chi connectivity index (χ2v) is 20.4. The number of nitrogens with zero attached hydrogens (tertiary/aromatic N) is 3. The zero-order valence-corrected chi connectivity index (χ0v) is 41.1. The standard InChI is InChI=1S/C45H77N9O13/c1-27(49-34(55)24-48-35(56)28(46)25-65-43(2,3)4)38(59)53-22-14-18-32(53)40(61)54-23-15-19-33(54)39(60)52-21-13-17-31(52)37(58)51-30(26-66-44(5,6)7)36(57)50-29(41(62)63)16-11-12-20-47-42(64)67-45(8,9)10/h27-33H,11-26,46H2,1-10H3,(H,47,64)(H,48,56)(H,49,55)(H,50,57)(H,51,58)(H,62,63)/t27-,28-,29-,30-,31-,32-,33-/m0/s1. The van der Waals surface area contributed by atoms with Crippen molar-refractivity contribution in [2.45, 2.75) is 186 Å². The number of ether oxygens (including phenoxy) is 3. The van der Waals surface area contributed by atoms with Crippen LogP contribution in [0.4, 0.5) is 4.79 Å². The van der Waals surface area contributed by atoms with Crippen LogP contribution in [0.1, 0.15) is 127 Å². The number of nitrogens with one attached hydrogen (secondary N) is 5. The first-order valence-electron chi connectivity index (χ1n) is 23.4. The molecule has 3 saturated heterocycles. The van der Waals surface area contributed by atoms with Crippen molar-refractivity contribution in [2.75, 3.05) is 45.9 Å². The third kappa shape index (κ3) is 18.5. The van der Waals surface area contributed by atoms with E-state index in [0.29, 0.717) is 44.9 Å². The monoisotopic (exact) mass is 952 g/mol. The number of unbranched alkanes of at least 4 members (excludes halogenated alkanes) is 1. The van der Waals surface area contributed by atoms with Crippen LogP contribution in [0.15, 0.2) is 0 Å². The van der Waals surface area contributed by atoms with Crippen molar-refractivity contribution in [3.05, 3.63) is 0 Å². The number of amides is 8. The molecule has 7 atom stereocenters. The molecule has 0 aromatic heterocycles. The molecule has 0 aromatic rings. The third-order valence-corrected chi connectivity index (χ3v) is 11.2. The Balaban J connectivity index is 1.62. The van der Waals surface area contributed by atoms with E-state index in [1.807, 2.05) is 20.8 Å². The average molecular weight is 952 g/mol. The number of carbonyl (C=O) groups is 9. The number of carbonyl (C=O) groups excluding carboxylic acids is 8. The zero-order chi connectivity index (χ0) is 50.4. The van der Waals surface area contributed by atoms with E-state index in [4.69, 9.17) is 19.9 Å². The lowest BCUT2D eigenvalue weighted by atomic mass is 10.1. The highest BCUT2D eigenvalue weighted by atomic mass is 16.6. The van der Waals surface area contributed by atoms with Crippen LogP contribution in [0, 0.1) is 0 Å². The molecule has 8 N–H and O–H groups in total. The maximum absolute atomic E-state index is 14.3. The van der Waals surface area contributed by atoms with Crippen LogP contribution < -0.4 is 32.3 Å². The zero-order valence-electron chi connectivity index (χ0n) is 41.1. The summed E-state index contributed by atoms with van der Waals surface area (Å²) in [5, 5.41) is 22.8. The first-order valence-corrected chi connectivity index (χ1v) is 23.4. The molecule has 22 nitrogen and oxygen atoms in total.